The number of aliphatic carboxylic acids is 1. The molecule has 1 unspecified atom stereocenters. The number of nitrogens with one attached hydrogen (secondary N) is 1. The highest BCUT2D eigenvalue weighted by molar-refractivity contribution is 7.87. The molecule has 0 aromatic rings. The average molecular weight is 262 g/mol. The second-order valence-corrected chi connectivity index (χ2v) is 6.41. The Morgan fingerprint density at radius 1 is 1.29 bits per heavy atom. The highest BCUT2D eigenvalue weighted by atomic mass is 32.2. The Labute approximate surface area is 101 Å². The van der Waals surface area contributed by atoms with Crippen molar-refractivity contribution >= 4 is 16.2 Å². The lowest BCUT2D eigenvalue weighted by molar-refractivity contribution is -0.138. The van der Waals surface area contributed by atoms with Gasteiger partial charge in [0.15, 0.2) is 0 Å². The quantitative estimate of drug-likeness (QED) is 0.746. The smallest absolute Gasteiger partial charge is 0.304 e. The van der Waals surface area contributed by atoms with Crippen molar-refractivity contribution in [3.63, 3.8) is 0 Å². The van der Waals surface area contributed by atoms with Crippen molar-refractivity contribution in [3.8, 4) is 0 Å². The van der Waals surface area contributed by atoms with Crippen molar-refractivity contribution < 1.29 is 18.3 Å². The third-order valence-corrected chi connectivity index (χ3v) is 4.91. The fourth-order valence-corrected chi connectivity index (χ4v) is 3.91. The van der Waals surface area contributed by atoms with Gasteiger partial charge in [-0.2, -0.15) is 17.4 Å². The Bertz CT molecular complexity index is 391. The van der Waals surface area contributed by atoms with Crippen LogP contribution in [0.5, 0.6) is 0 Å². The van der Waals surface area contributed by atoms with Crippen molar-refractivity contribution in [1.29, 1.82) is 0 Å². The molecule has 0 spiro atoms. The van der Waals surface area contributed by atoms with E-state index in [4.69, 9.17) is 5.11 Å². The summed E-state index contributed by atoms with van der Waals surface area (Å²) in [5, 5.41) is 8.80. The molecule has 1 saturated carbocycles. The number of piperidine rings is 1. The molecule has 0 radical (unpaired) electrons. The molecule has 1 aliphatic heterocycles. The summed E-state index contributed by atoms with van der Waals surface area (Å²) >= 11 is 0. The number of carbonyl (C=O) groups is 1. The summed E-state index contributed by atoms with van der Waals surface area (Å²) in [5.41, 5.74) is 0. The highest BCUT2D eigenvalue weighted by Crippen LogP contribution is 2.25. The van der Waals surface area contributed by atoms with Gasteiger partial charge < -0.3 is 5.11 Å². The van der Waals surface area contributed by atoms with E-state index in [1.165, 1.54) is 4.31 Å². The number of rotatable bonds is 5. The minimum Gasteiger partial charge on any atom is -0.481 e. The Morgan fingerprint density at radius 3 is 2.59 bits per heavy atom. The lowest BCUT2D eigenvalue weighted by Crippen LogP contribution is -2.50. The monoisotopic (exact) mass is 262 g/mol. The van der Waals surface area contributed by atoms with Crippen LogP contribution in [0.2, 0.25) is 0 Å². The number of hydrogen-bond donors (Lipinski definition) is 2. The van der Waals surface area contributed by atoms with Crippen LogP contribution in [0.3, 0.4) is 0 Å². The molecule has 2 rings (SSSR count). The van der Waals surface area contributed by atoms with Crippen molar-refractivity contribution in [2.45, 2.75) is 50.6 Å². The summed E-state index contributed by atoms with van der Waals surface area (Å²) in [6.07, 6.45) is 4.01. The third-order valence-electron chi connectivity index (χ3n) is 3.19. The summed E-state index contributed by atoms with van der Waals surface area (Å²) in [5.74, 6) is -0.941. The molecule has 7 heteroatoms. The van der Waals surface area contributed by atoms with E-state index in [9.17, 15) is 13.2 Å². The number of nitrogens with zero attached hydrogens (tertiary/aromatic N) is 1. The number of carboxylic acids is 1. The van der Waals surface area contributed by atoms with Gasteiger partial charge in [-0.15, -0.1) is 0 Å². The van der Waals surface area contributed by atoms with Crippen LogP contribution in [-0.4, -0.2) is 42.4 Å². The van der Waals surface area contributed by atoms with Crippen molar-refractivity contribution in [2.24, 2.45) is 0 Å². The fourth-order valence-electron chi connectivity index (χ4n) is 2.18. The maximum absolute atomic E-state index is 12.0. The van der Waals surface area contributed by atoms with Gasteiger partial charge in [0.05, 0.1) is 6.42 Å². The maximum Gasteiger partial charge on any atom is 0.304 e. The Morgan fingerprint density at radius 2 is 2.00 bits per heavy atom. The molecule has 1 saturated heterocycles. The molecule has 0 amide bonds. The van der Waals surface area contributed by atoms with Crippen molar-refractivity contribution in [3.05, 3.63) is 0 Å². The van der Waals surface area contributed by atoms with E-state index in [1.54, 1.807) is 0 Å². The minimum atomic E-state index is -3.49. The number of carboxylic acid groups (broad SMARTS) is 1. The summed E-state index contributed by atoms with van der Waals surface area (Å²) in [4.78, 5) is 10.7. The van der Waals surface area contributed by atoms with Gasteiger partial charge in [0.1, 0.15) is 0 Å². The fraction of sp³-hybridized carbons (Fsp3) is 0.900. The summed E-state index contributed by atoms with van der Waals surface area (Å²) in [6, 6.07) is -0.329. The topological polar surface area (TPSA) is 86.7 Å². The molecule has 98 valence electrons. The first-order valence-electron chi connectivity index (χ1n) is 6.00. The molecule has 1 aliphatic carbocycles. The van der Waals surface area contributed by atoms with E-state index < -0.39 is 22.2 Å². The second-order valence-electron chi connectivity index (χ2n) is 4.76. The van der Waals surface area contributed by atoms with Gasteiger partial charge in [0.25, 0.3) is 10.2 Å². The van der Waals surface area contributed by atoms with E-state index >= 15 is 0 Å². The first kappa shape index (κ1) is 12.8. The molecule has 1 heterocycles. The molecule has 17 heavy (non-hydrogen) atoms. The first-order valence-corrected chi connectivity index (χ1v) is 7.44. The van der Waals surface area contributed by atoms with E-state index in [2.05, 4.69) is 4.72 Å². The van der Waals surface area contributed by atoms with Gasteiger partial charge in [-0.1, -0.05) is 6.42 Å². The van der Waals surface area contributed by atoms with Crippen LogP contribution < -0.4 is 4.72 Å². The van der Waals surface area contributed by atoms with Gasteiger partial charge in [-0.25, -0.2) is 0 Å². The number of hydrogen-bond acceptors (Lipinski definition) is 3. The van der Waals surface area contributed by atoms with Crippen LogP contribution >= 0.6 is 0 Å². The van der Waals surface area contributed by atoms with Crippen LogP contribution in [0, 0.1) is 0 Å². The third kappa shape index (κ3) is 3.40. The lowest BCUT2D eigenvalue weighted by Gasteiger charge is -2.33. The first-order chi connectivity index (χ1) is 7.99. The van der Waals surface area contributed by atoms with E-state index in [0.717, 1.165) is 25.7 Å². The predicted octanol–water partition coefficient (Wildman–Crippen LogP) is 0.312. The van der Waals surface area contributed by atoms with Crippen LogP contribution in [0.1, 0.15) is 38.5 Å². The van der Waals surface area contributed by atoms with E-state index in [0.29, 0.717) is 13.0 Å². The Hall–Kier alpha value is -0.660. The summed E-state index contributed by atoms with van der Waals surface area (Å²) < 4.78 is 28.0. The van der Waals surface area contributed by atoms with Crippen LogP contribution in [0.4, 0.5) is 0 Å². The molecular weight excluding hydrogens is 244 g/mol. The minimum absolute atomic E-state index is 0.0624. The average Bonchev–Trinajstić information content (AvgIpc) is 3.00. The molecule has 2 aliphatic rings. The van der Waals surface area contributed by atoms with Gasteiger partial charge in [0.2, 0.25) is 0 Å². The zero-order chi connectivity index (χ0) is 12.5. The normalized spacial score (nSPS) is 26.9. The van der Waals surface area contributed by atoms with Gasteiger partial charge in [0, 0.05) is 18.6 Å². The largest absolute Gasteiger partial charge is 0.481 e. The lowest BCUT2D eigenvalue weighted by atomic mass is 10.0. The molecule has 6 nitrogen and oxygen atoms in total. The van der Waals surface area contributed by atoms with Crippen molar-refractivity contribution in [1.82, 2.24) is 9.03 Å². The van der Waals surface area contributed by atoms with Crippen LogP contribution in [-0.2, 0) is 15.0 Å². The van der Waals surface area contributed by atoms with Crippen LogP contribution in [0.15, 0.2) is 0 Å². The molecule has 2 N–H and O–H groups in total. The van der Waals surface area contributed by atoms with Crippen molar-refractivity contribution in [2.75, 3.05) is 6.54 Å². The summed E-state index contributed by atoms with van der Waals surface area (Å²) in [7, 11) is -3.49. The van der Waals surface area contributed by atoms with E-state index in [1.807, 2.05) is 0 Å². The SMILES string of the molecule is O=C(O)CC1CCCCN1S(=O)(=O)NC1CC1. The zero-order valence-electron chi connectivity index (χ0n) is 9.63. The molecule has 1 atom stereocenters. The Balaban J connectivity index is 2.06. The summed E-state index contributed by atoms with van der Waals surface area (Å²) in [6.45, 7) is 0.431. The standard InChI is InChI=1S/C10H18N2O4S/c13-10(14)7-9-3-1-2-6-12(9)17(15,16)11-8-4-5-8/h8-9,11H,1-7H2,(H,13,14). The molecule has 0 aromatic heterocycles. The highest BCUT2D eigenvalue weighted by Gasteiger charge is 2.36. The van der Waals surface area contributed by atoms with E-state index in [-0.39, 0.29) is 12.5 Å². The molecule has 0 bridgehead atoms. The Kier molecular flexibility index (Phi) is 3.70. The molecular formula is C10H18N2O4S. The molecule has 0 aromatic carbocycles. The van der Waals surface area contributed by atoms with Gasteiger partial charge in [-0.05, 0) is 25.7 Å². The maximum atomic E-state index is 12.0. The zero-order valence-corrected chi connectivity index (χ0v) is 10.4. The second kappa shape index (κ2) is 4.91. The predicted molar refractivity (Wildman–Crippen MR) is 61.7 cm³/mol. The van der Waals surface area contributed by atoms with Gasteiger partial charge in [-0.3, -0.25) is 4.79 Å². The van der Waals surface area contributed by atoms with Gasteiger partial charge >= 0.3 is 5.97 Å². The van der Waals surface area contributed by atoms with Crippen LogP contribution in [0.25, 0.3) is 0 Å². The molecule has 2 fully saturated rings.